The van der Waals surface area contributed by atoms with E-state index in [9.17, 15) is 13.2 Å². The van der Waals surface area contributed by atoms with Gasteiger partial charge in [0.15, 0.2) is 5.01 Å². The second-order valence-electron chi connectivity index (χ2n) is 8.31. The van der Waals surface area contributed by atoms with Gasteiger partial charge in [-0.2, -0.15) is 0 Å². The van der Waals surface area contributed by atoms with Gasteiger partial charge in [0.2, 0.25) is 15.9 Å². The summed E-state index contributed by atoms with van der Waals surface area (Å²) in [6.07, 6.45) is 7.56. The van der Waals surface area contributed by atoms with E-state index in [4.69, 9.17) is 4.74 Å². The summed E-state index contributed by atoms with van der Waals surface area (Å²) >= 11 is 1.19. The molecule has 4 rings (SSSR count). The summed E-state index contributed by atoms with van der Waals surface area (Å²) in [5.41, 5.74) is 1.52. The van der Waals surface area contributed by atoms with Crippen molar-refractivity contribution < 1.29 is 17.9 Å². The van der Waals surface area contributed by atoms with Gasteiger partial charge in [-0.05, 0) is 46.0 Å². The highest BCUT2D eigenvalue weighted by Crippen LogP contribution is 2.30. The topological polar surface area (TPSA) is 139 Å². The third-order valence-electron chi connectivity index (χ3n) is 5.07. The van der Waals surface area contributed by atoms with Crippen LogP contribution in [0.1, 0.15) is 41.3 Å². The molecule has 3 heterocycles. The third kappa shape index (κ3) is 6.50. The maximum atomic E-state index is 13.1. The molecular formula is C22H27N7O4S2. The standard InChI is InChI=1S/C22H27N7O4S2/c1-4-33-20-12-23-10-17(26-20)19-11-25-22(34-19)21(30)27-18(13-29(2)3)16-9-14(7-8-24-16)28-35(31,32)15-5-6-15/h7-12,15,18H,4-6,13H2,1-3H3,(H,24,28)(H,27,30). The van der Waals surface area contributed by atoms with Gasteiger partial charge < -0.3 is 15.0 Å². The van der Waals surface area contributed by atoms with E-state index < -0.39 is 16.1 Å². The molecule has 0 radical (unpaired) electrons. The van der Waals surface area contributed by atoms with Crippen molar-refractivity contribution in [1.29, 1.82) is 0 Å². The fourth-order valence-corrected chi connectivity index (χ4v) is 5.46. The van der Waals surface area contributed by atoms with E-state index in [1.54, 1.807) is 24.5 Å². The van der Waals surface area contributed by atoms with Crippen molar-refractivity contribution in [3.8, 4) is 16.5 Å². The van der Waals surface area contributed by atoms with Gasteiger partial charge in [-0.1, -0.05) is 0 Å². The Hall–Kier alpha value is -3.16. The lowest BCUT2D eigenvalue weighted by atomic mass is 10.1. The van der Waals surface area contributed by atoms with Crippen LogP contribution in [-0.2, 0) is 10.0 Å². The molecule has 0 saturated heterocycles. The van der Waals surface area contributed by atoms with Crippen LogP contribution in [0.3, 0.4) is 0 Å². The molecule has 13 heteroatoms. The van der Waals surface area contributed by atoms with Gasteiger partial charge in [-0.25, -0.2) is 18.4 Å². The molecule has 186 valence electrons. The predicted molar refractivity (Wildman–Crippen MR) is 133 cm³/mol. The lowest BCUT2D eigenvalue weighted by Crippen LogP contribution is -2.35. The molecule has 1 atom stereocenters. The fourth-order valence-electron chi connectivity index (χ4n) is 3.31. The van der Waals surface area contributed by atoms with Crippen LogP contribution in [0.5, 0.6) is 5.88 Å². The van der Waals surface area contributed by atoms with Gasteiger partial charge in [-0.3, -0.25) is 19.5 Å². The van der Waals surface area contributed by atoms with E-state index >= 15 is 0 Å². The number of nitrogens with zero attached hydrogens (tertiary/aromatic N) is 5. The molecule has 0 aliphatic heterocycles. The van der Waals surface area contributed by atoms with Crippen LogP contribution in [0, 0.1) is 0 Å². The monoisotopic (exact) mass is 517 g/mol. The van der Waals surface area contributed by atoms with E-state index in [1.165, 1.54) is 23.7 Å². The highest BCUT2D eigenvalue weighted by molar-refractivity contribution is 7.93. The Morgan fingerprint density at radius 2 is 2.06 bits per heavy atom. The Morgan fingerprint density at radius 1 is 1.26 bits per heavy atom. The van der Waals surface area contributed by atoms with Crippen LogP contribution in [-0.4, -0.2) is 71.7 Å². The van der Waals surface area contributed by atoms with Crippen LogP contribution < -0.4 is 14.8 Å². The minimum Gasteiger partial charge on any atom is -0.477 e. The maximum absolute atomic E-state index is 13.1. The number of carbonyl (C=O) groups is 1. The molecule has 3 aromatic heterocycles. The number of pyridine rings is 1. The molecule has 0 aromatic carbocycles. The number of hydrogen-bond acceptors (Lipinski definition) is 10. The van der Waals surface area contributed by atoms with Crippen molar-refractivity contribution in [2.75, 3.05) is 32.0 Å². The largest absolute Gasteiger partial charge is 0.477 e. The number of carbonyl (C=O) groups excluding carboxylic acids is 1. The number of nitrogens with one attached hydrogen (secondary N) is 2. The predicted octanol–water partition coefficient (Wildman–Crippen LogP) is 2.33. The number of amides is 1. The Balaban J connectivity index is 1.51. The average Bonchev–Trinajstić information content (AvgIpc) is 3.57. The van der Waals surface area contributed by atoms with Crippen molar-refractivity contribution >= 4 is 33.0 Å². The molecule has 1 amide bonds. The second-order valence-corrected chi connectivity index (χ2v) is 11.3. The van der Waals surface area contributed by atoms with E-state index in [2.05, 4.69) is 30.0 Å². The number of thiazole rings is 1. The van der Waals surface area contributed by atoms with Gasteiger partial charge in [0.25, 0.3) is 5.91 Å². The van der Waals surface area contributed by atoms with Gasteiger partial charge in [0, 0.05) is 18.9 Å². The lowest BCUT2D eigenvalue weighted by Gasteiger charge is -2.22. The lowest BCUT2D eigenvalue weighted by molar-refractivity contribution is 0.0928. The van der Waals surface area contributed by atoms with Gasteiger partial charge in [0.1, 0.15) is 5.69 Å². The minimum absolute atomic E-state index is 0.262. The van der Waals surface area contributed by atoms with Crippen molar-refractivity contribution in [3.05, 3.63) is 47.6 Å². The molecule has 2 N–H and O–H groups in total. The van der Waals surface area contributed by atoms with E-state index in [0.29, 0.717) is 53.8 Å². The van der Waals surface area contributed by atoms with Crippen molar-refractivity contribution in [3.63, 3.8) is 0 Å². The smallest absolute Gasteiger partial charge is 0.280 e. The summed E-state index contributed by atoms with van der Waals surface area (Å²) in [5, 5.41) is 2.89. The summed E-state index contributed by atoms with van der Waals surface area (Å²) < 4.78 is 32.7. The number of anilines is 1. The zero-order valence-corrected chi connectivity index (χ0v) is 21.3. The minimum atomic E-state index is -3.41. The summed E-state index contributed by atoms with van der Waals surface area (Å²) in [6, 6.07) is 2.76. The number of aromatic nitrogens is 4. The molecule has 11 nitrogen and oxygen atoms in total. The molecule has 1 aliphatic rings. The van der Waals surface area contributed by atoms with Crippen LogP contribution in [0.2, 0.25) is 0 Å². The van der Waals surface area contributed by atoms with Crippen molar-refractivity contribution in [1.82, 2.24) is 30.2 Å². The Bertz CT molecular complexity index is 1290. The van der Waals surface area contributed by atoms with E-state index in [0.717, 1.165) is 0 Å². The number of hydrogen-bond donors (Lipinski definition) is 2. The Kier molecular flexibility index (Phi) is 7.57. The number of rotatable bonds is 11. The molecule has 0 bridgehead atoms. The second kappa shape index (κ2) is 10.6. The highest BCUT2D eigenvalue weighted by atomic mass is 32.2. The summed E-state index contributed by atoms with van der Waals surface area (Å²) in [6.45, 7) is 2.79. The van der Waals surface area contributed by atoms with Crippen molar-refractivity contribution in [2.24, 2.45) is 0 Å². The van der Waals surface area contributed by atoms with Crippen LogP contribution >= 0.6 is 11.3 Å². The first-order chi connectivity index (χ1) is 16.7. The first-order valence-corrected chi connectivity index (χ1v) is 13.5. The summed E-state index contributed by atoms with van der Waals surface area (Å²) in [4.78, 5) is 32.8. The van der Waals surface area contributed by atoms with E-state index in [1.807, 2.05) is 25.9 Å². The van der Waals surface area contributed by atoms with Crippen LogP contribution in [0.25, 0.3) is 10.6 Å². The van der Waals surface area contributed by atoms with Crippen LogP contribution in [0.4, 0.5) is 5.69 Å². The molecule has 1 fully saturated rings. The average molecular weight is 518 g/mol. The van der Waals surface area contributed by atoms with Gasteiger partial charge >= 0.3 is 0 Å². The molecule has 1 unspecified atom stereocenters. The van der Waals surface area contributed by atoms with Crippen molar-refractivity contribution in [2.45, 2.75) is 31.1 Å². The number of sulfonamides is 1. The summed E-state index contributed by atoms with van der Waals surface area (Å²) in [7, 11) is 0.353. The normalized spacial score (nSPS) is 14.5. The first-order valence-electron chi connectivity index (χ1n) is 11.1. The Labute approximate surface area is 208 Å². The van der Waals surface area contributed by atoms with E-state index in [-0.39, 0.29) is 16.2 Å². The SMILES string of the molecule is CCOc1cncc(-c2cnc(C(=O)NC(CN(C)C)c3cc(NS(=O)(=O)C4CC4)ccn3)s2)n1. The zero-order chi connectivity index (χ0) is 25.0. The summed E-state index contributed by atoms with van der Waals surface area (Å²) in [5.74, 6) is 0.0338. The highest BCUT2D eigenvalue weighted by Gasteiger charge is 2.35. The number of ether oxygens (including phenoxy) is 1. The zero-order valence-electron chi connectivity index (χ0n) is 19.6. The van der Waals surface area contributed by atoms with Gasteiger partial charge in [0.05, 0.1) is 46.6 Å². The third-order valence-corrected chi connectivity index (χ3v) is 7.96. The maximum Gasteiger partial charge on any atom is 0.280 e. The fraction of sp³-hybridized carbons (Fsp3) is 0.409. The molecule has 1 saturated carbocycles. The quantitative estimate of drug-likeness (QED) is 0.392. The first kappa shape index (κ1) is 24.9. The molecule has 1 aliphatic carbocycles. The molecule has 3 aromatic rings. The molecular weight excluding hydrogens is 490 g/mol. The molecule has 35 heavy (non-hydrogen) atoms. The van der Waals surface area contributed by atoms with Crippen LogP contribution in [0.15, 0.2) is 36.9 Å². The molecule has 0 spiro atoms. The number of likely N-dealkylation sites (N-methyl/N-ethyl adjacent to an activating group) is 1. The Morgan fingerprint density at radius 3 is 2.77 bits per heavy atom. The van der Waals surface area contributed by atoms with Gasteiger partial charge in [-0.15, -0.1) is 11.3 Å².